The third-order valence-electron chi connectivity index (χ3n) is 5.36. The van der Waals surface area contributed by atoms with Crippen molar-refractivity contribution < 1.29 is 17.9 Å². The maximum atomic E-state index is 14.5. The van der Waals surface area contributed by atoms with Gasteiger partial charge in [0.15, 0.2) is 0 Å². The Morgan fingerprint density at radius 2 is 2.00 bits per heavy atom. The molecule has 0 radical (unpaired) electrons. The molecule has 2 aliphatic heterocycles. The van der Waals surface area contributed by atoms with E-state index in [9.17, 15) is 18.0 Å². The summed E-state index contributed by atoms with van der Waals surface area (Å²) in [5, 5.41) is 0. The fourth-order valence-corrected chi connectivity index (χ4v) is 4.01. The van der Waals surface area contributed by atoms with E-state index in [4.69, 9.17) is 10.5 Å². The maximum Gasteiger partial charge on any atom is 0.351 e. The van der Waals surface area contributed by atoms with Crippen molar-refractivity contribution in [3.05, 3.63) is 58.4 Å². The monoisotopic (exact) mass is 394 g/mol. The summed E-state index contributed by atoms with van der Waals surface area (Å²) in [7, 11) is 0. The Kier molecular flexibility index (Phi) is 4.88. The van der Waals surface area contributed by atoms with Gasteiger partial charge in [-0.2, -0.15) is 4.98 Å². The van der Waals surface area contributed by atoms with Crippen LogP contribution in [-0.2, 0) is 4.74 Å². The van der Waals surface area contributed by atoms with Crippen molar-refractivity contribution in [2.75, 3.05) is 25.4 Å². The first-order valence-corrected chi connectivity index (χ1v) is 9.17. The van der Waals surface area contributed by atoms with Crippen LogP contribution in [0.3, 0.4) is 0 Å². The van der Waals surface area contributed by atoms with Gasteiger partial charge in [-0.3, -0.25) is 4.57 Å². The SMILES string of the molecule is Nc1ccn(C2OC(CN3CCC(c4ccc(F)cc4)C3)CC2(F)F)c(=O)n1. The summed E-state index contributed by atoms with van der Waals surface area (Å²) >= 11 is 0. The average molecular weight is 394 g/mol. The molecule has 9 heteroatoms. The third-order valence-corrected chi connectivity index (χ3v) is 5.36. The number of hydrogen-bond acceptors (Lipinski definition) is 5. The summed E-state index contributed by atoms with van der Waals surface area (Å²) in [4.78, 5) is 17.5. The van der Waals surface area contributed by atoms with Gasteiger partial charge in [-0.1, -0.05) is 12.1 Å². The highest BCUT2D eigenvalue weighted by molar-refractivity contribution is 5.24. The zero-order chi connectivity index (χ0) is 19.9. The number of hydrogen-bond donors (Lipinski definition) is 1. The van der Waals surface area contributed by atoms with Gasteiger partial charge in [0, 0.05) is 25.7 Å². The third kappa shape index (κ3) is 3.77. The zero-order valence-corrected chi connectivity index (χ0v) is 15.1. The van der Waals surface area contributed by atoms with Crippen molar-refractivity contribution in [1.29, 1.82) is 0 Å². The van der Waals surface area contributed by atoms with Gasteiger partial charge in [0.1, 0.15) is 11.6 Å². The number of halogens is 3. The molecule has 0 aliphatic carbocycles. The summed E-state index contributed by atoms with van der Waals surface area (Å²) in [6, 6.07) is 7.69. The number of rotatable bonds is 4. The van der Waals surface area contributed by atoms with Crippen molar-refractivity contribution in [3.8, 4) is 0 Å². The minimum Gasteiger partial charge on any atom is -0.383 e. The largest absolute Gasteiger partial charge is 0.383 e. The Labute approximate surface area is 159 Å². The second kappa shape index (κ2) is 7.21. The number of aromatic nitrogens is 2. The van der Waals surface area contributed by atoms with Crippen molar-refractivity contribution in [1.82, 2.24) is 14.5 Å². The highest BCUT2D eigenvalue weighted by atomic mass is 19.3. The number of alkyl halides is 2. The number of nitrogens with zero attached hydrogens (tertiary/aromatic N) is 3. The van der Waals surface area contributed by atoms with Gasteiger partial charge in [-0.25, -0.2) is 18.0 Å². The number of ether oxygens (including phenoxy) is 1. The normalized spacial score (nSPS) is 27.3. The van der Waals surface area contributed by atoms with E-state index in [0.29, 0.717) is 13.1 Å². The molecule has 1 aromatic carbocycles. The summed E-state index contributed by atoms with van der Waals surface area (Å²) < 4.78 is 48.4. The minimum absolute atomic E-state index is 0.0250. The molecule has 0 spiro atoms. The quantitative estimate of drug-likeness (QED) is 0.862. The van der Waals surface area contributed by atoms with E-state index in [-0.39, 0.29) is 17.6 Å². The molecule has 3 atom stereocenters. The Morgan fingerprint density at radius 1 is 1.25 bits per heavy atom. The van der Waals surface area contributed by atoms with Gasteiger partial charge < -0.3 is 15.4 Å². The summed E-state index contributed by atoms with van der Waals surface area (Å²) in [6.07, 6.45) is -0.789. The van der Waals surface area contributed by atoms with Crippen LogP contribution in [0.25, 0.3) is 0 Å². The topological polar surface area (TPSA) is 73.4 Å². The number of anilines is 1. The lowest BCUT2D eigenvalue weighted by atomic mass is 9.99. The molecular weight excluding hydrogens is 373 g/mol. The molecule has 3 heterocycles. The van der Waals surface area contributed by atoms with Crippen LogP contribution in [0.1, 0.15) is 30.6 Å². The Morgan fingerprint density at radius 3 is 2.71 bits per heavy atom. The second-order valence-electron chi connectivity index (χ2n) is 7.41. The molecule has 150 valence electrons. The average Bonchev–Trinajstić information content (AvgIpc) is 3.20. The van der Waals surface area contributed by atoms with Crippen LogP contribution in [-0.4, -0.2) is 46.1 Å². The predicted octanol–water partition coefficient (Wildman–Crippen LogP) is 2.38. The molecule has 3 unspecified atom stereocenters. The van der Waals surface area contributed by atoms with Gasteiger partial charge in [-0.05, 0) is 42.6 Å². The summed E-state index contributed by atoms with van der Waals surface area (Å²) in [5.74, 6) is -3.24. The molecule has 2 saturated heterocycles. The van der Waals surface area contributed by atoms with Crippen LogP contribution in [0, 0.1) is 5.82 Å². The van der Waals surface area contributed by atoms with Crippen molar-refractivity contribution in [3.63, 3.8) is 0 Å². The Bertz CT molecular complexity index is 903. The highest BCUT2D eigenvalue weighted by Gasteiger charge is 2.52. The van der Waals surface area contributed by atoms with Gasteiger partial charge in [0.05, 0.1) is 6.10 Å². The lowest BCUT2D eigenvalue weighted by Crippen LogP contribution is -2.35. The predicted molar refractivity (Wildman–Crippen MR) is 96.6 cm³/mol. The second-order valence-corrected chi connectivity index (χ2v) is 7.41. The molecule has 1 aromatic heterocycles. The highest BCUT2D eigenvalue weighted by Crippen LogP contribution is 2.42. The molecule has 2 N–H and O–H groups in total. The van der Waals surface area contributed by atoms with Crippen LogP contribution in [0.4, 0.5) is 19.0 Å². The first-order chi connectivity index (χ1) is 13.3. The molecular formula is C19H21F3N4O2. The number of likely N-dealkylation sites (tertiary alicyclic amines) is 1. The molecule has 2 fully saturated rings. The maximum absolute atomic E-state index is 14.5. The standard InChI is InChI=1S/C19H21F3N4O2/c20-14-3-1-12(2-4-14)13-5-7-25(10-13)11-15-9-19(21,22)17(28-15)26-8-6-16(23)24-18(26)27/h1-4,6,8,13,15,17H,5,7,9-11H2,(H2,23,24,27). The van der Waals surface area contributed by atoms with E-state index in [2.05, 4.69) is 9.88 Å². The van der Waals surface area contributed by atoms with E-state index in [0.717, 1.165) is 23.1 Å². The lowest BCUT2D eigenvalue weighted by molar-refractivity contribution is -0.118. The van der Waals surface area contributed by atoms with Crippen LogP contribution in [0.15, 0.2) is 41.3 Å². The molecule has 2 aliphatic rings. The fourth-order valence-electron chi connectivity index (χ4n) is 4.01. The van der Waals surface area contributed by atoms with Gasteiger partial charge >= 0.3 is 5.69 Å². The first kappa shape index (κ1) is 18.9. The molecule has 0 amide bonds. The van der Waals surface area contributed by atoms with Gasteiger partial charge in [0.2, 0.25) is 6.23 Å². The number of nitrogens with two attached hydrogens (primary N) is 1. The zero-order valence-electron chi connectivity index (χ0n) is 15.1. The number of benzene rings is 1. The Hall–Kier alpha value is -2.39. The molecule has 4 rings (SSSR count). The van der Waals surface area contributed by atoms with Crippen molar-refractivity contribution in [2.45, 2.75) is 37.0 Å². The van der Waals surface area contributed by atoms with Crippen LogP contribution >= 0.6 is 0 Å². The van der Waals surface area contributed by atoms with Crippen LogP contribution in [0.5, 0.6) is 0 Å². The van der Waals surface area contributed by atoms with E-state index < -0.39 is 30.4 Å². The molecule has 6 nitrogen and oxygen atoms in total. The van der Waals surface area contributed by atoms with E-state index >= 15 is 0 Å². The van der Waals surface area contributed by atoms with Crippen molar-refractivity contribution in [2.24, 2.45) is 0 Å². The molecule has 28 heavy (non-hydrogen) atoms. The first-order valence-electron chi connectivity index (χ1n) is 9.17. The van der Waals surface area contributed by atoms with Crippen molar-refractivity contribution >= 4 is 5.82 Å². The van der Waals surface area contributed by atoms with Crippen LogP contribution in [0.2, 0.25) is 0 Å². The molecule has 2 aromatic rings. The molecule has 0 bridgehead atoms. The molecule has 0 saturated carbocycles. The van der Waals surface area contributed by atoms with Crippen LogP contribution < -0.4 is 11.4 Å². The summed E-state index contributed by atoms with van der Waals surface area (Å²) in [6.45, 7) is 1.80. The van der Waals surface area contributed by atoms with E-state index in [1.807, 2.05) is 0 Å². The van der Waals surface area contributed by atoms with E-state index in [1.54, 1.807) is 12.1 Å². The minimum atomic E-state index is -3.18. The number of nitrogen functional groups attached to an aromatic ring is 1. The summed E-state index contributed by atoms with van der Waals surface area (Å²) in [5.41, 5.74) is 5.60. The lowest BCUT2D eigenvalue weighted by Gasteiger charge is -2.21. The fraction of sp³-hybridized carbons (Fsp3) is 0.474. The van der Waals surface area contributed by atoms with E-state index in [1.165, 1.54) is 24.4 Å². The smallest absolute Gasteiger partial charge is 0.351 e. The van der Waals surface area contributed by atoms with Gasteiger partial charge in [-0.15, -0.1) is 0 Å². The Balaban J connectivity index is 1.41. The van der Waals surface area contributed by atoms with Gasteiger partial charge in [0.25, 0.3) is 5.92 Å².